The molecule has 10 atom stereocenters. The first-order valence-electron chi connectivity index (χ1n) is 22.5. The zero-order chi connectivity index (χ0) is 43.3. The molecule has 0 aliphatic heterocycles. The van der Waals surface area contributed by atoms with Gasteiger partial charge in [-0.15, -0.1) is 0 Å². The van der Waals surface area contributed by atoms with E-state index in [1.807, 2.05) is 18.2 Å². The van der Waals surface area contributed by atoms with Gasteiger partial charge in [0.2, 0.25) is 5.91 Å². The number of aliphatic hydroxyl groups is 1. The SMILES string of the molecule is C=C(CSCCC(=O)O)[C@@H]1CC[C@]2(C(=O)NCCc3cccc(C(=O)NCc4ccc(C(=O)O)cc4)c3)CC[C@]3(C)C(CCC4[C@@]5(C)CC[C@H](O)C(C)(C)C5CC[C@]43C)C12. The maximum atomic E-state index is 14.9. The Morgan fingerprint density at radius 3 is 2.25 bits per heavy atom. The van der Waals surface area contributed by atoms with Crippen LogP contribution in [0.4, 0.5) is 0 Å². The predicted molar refractivity (Wildman–Crippen MR) is 237 cm³/mol. The van der Waals surface area contributed by atoms with Crippen LogP contribution >= 0.6 is 11.8 Å². The van der Waals surface area contributed by atoms with Crippen LogP contribution in [0.2, 0.25) is 0 Å². The normalized spacial score (nSPS) is 35.2. The number of aromatic carboxylic acids is 1. The van der Waals surface area contributed by atoms with Crippen LogP contribution in [-0.2, 0) is 22.6 Å². The number of benzene rings is 2. The Labute approximate surface area is 361 Å². The summed E-state index contributed by atoms with van der Waals surface area (Å²) in [4.78, 5) is 50.5. The molecule has 0 spiro atoms. The van der Waals surface area contributed by atoms with Crippen LogP contribution in [-0.4, -0.2) is 63.2 Å². The van der Waals surface area contributed by atoms with Gasteiger partial charge in [0.25, 0.3) is 5.91 Å². The Morgan fingerprint density at radius 2 is 1.53 bits per heavy atom. The van der Waals surface area contributed by atoms with Crippen molar-refractivity contribution < 1.29 is 34.5 Å². The van der Waals surface area contributed by atoms with E-state index in [9.17, 15) is 34.5 Å². The minimum Gasteiger partial charge on any atom is -0.481 e. The fourth-order valence-electron chi connectivity index (χ4n) is 14.3. The second kappa shape index (κ2) is 16.9. The van der Waals surface area contributed by atoms with E-state index in [4.69, 9.17) is 0 Å². The number of fused-ring (bicyclic) bond motifs is 7. The molecule has 5 aliphatic rings. The summed E-state index contributed by atoms with van der Waals surface area (Å²) in [5.74, 6) is 1.23. The molecule has 2 aromatic rings. The number of carbonyl (C=O) groups excluding carboxylic acids is 2. The van der Waals surface area contributed by atoms with Gasteiger partial charge in [-0.25, -0.2) is 4.79 Å². The first-order chi connectivity index (χ1) is 28.4. The van der Waals surface area contributed by atoms with Crippen molar-refractivity contribution in [3.63, 3.8) is 0 Å². The molecule has 5 aliphatic carbocycles. The summed E-state index contributed by atoms with van der Waals surface area (Å²) in [5, 5.41) is 36.0. The third-order valence-electron chi connectivity index (χ3n) is 17.7. The van der Waals surface area contributed by atoms with E-state index in [-0.39, 0.29) is 69.9 Å². The molecule has 5 saturated carbocycles. The minimum atomic E-state index is -0.992. The fraction of sp³-hybridized carbons (Fsp3) is 0.640. The average molecular weight is 841 g/mol. The molecule has 10 heteroatoms. The van der Waals surface area contributed by atoms with Crippen molar-refractivity contribution in [3.05, 3.63) is 82.9 Å². The maximum Gasteiger partial charge on any atom is 0.335 e. The molecule has 326 valence electrons. The van der Waals surface area contributed by atoms with Crippen LogP contribution in [0.3, 0.4) is 0 Å². The van der Waals surface area contributed by atoms with Crippen molar-refractivity contribution in [3.8, 4) is 0 Å². The van der Waals surface area contributed by atoms with Crippen LogP contribution in [0.1, 0.15) is 137 Å². The van der Waals surface area contributed by atoms with Gasteiger partial charge in [-0.1, -0.05) is 71.0 Å². The topological polar surface area (TPSA) is 153 Å². The lowest BCUT2D eigenvalue weighted by molar-refractivity contribution is -0.246. The number of nitrogens with one attached hydrogen (secondary N) is 2. The molecular weight excluding hydrogens is 773 g/mol. The van der Waals surface area contributed by atoms with Crippen molar-refractivity contribution in [1.82, 2.24) is 10.6 Å². The monoisotopic (exact) mass is 840 g/mol. The summed E-state index contributed by atoms with van der Waals surface area (Å²) in [6.45, 7) is 17.7. The molecule has 5 fully saturated rings. The Bertz CT molecular complexity index is 1980. The third kappa shape index (κ3) is 7.75. The number of carboxylic acid groups (broad SMARTS) is 2. The highest BCUT2D eigenvalue weighted by atomic mass is 32.2. The van der Waals surface area contributed by atoms with Gasteiger partial charge in [-0.05, 0) is 157 Å². The molecular formula is C50H68N2O7S. The second-order valence-corrected chi connectivity index (χ2v) is 21.7. The fourth-order valence-corrected chi connectivity index (χ4v) is 15.3. The number of hydrogen-bond acceptors (Lipinski definition) is 6. The molecule has 7 rings (SSSR count). The van der Waals surface area contributed by atoms with Gasteiger partial charge in [0.15, 0.2) is 0 Å². The van der Waals surface area contributed by atoms with Gasteiger partial charge >= 0.3 is 11.9 Å². The molecule has 2 aromatic carbocycles. The molecule has 0 radical (unpaired) electrons. The van der Waals surface area contributed by atoms with Gasteiger partial charge in [0.05, 0.1) is 23.5 Å². The van der Waals surface area contributed by atoms with E-state index in [0.717, 1.165) is 80.9 Å². The zero-order valence-corrected chi connectivity index (χ0v) is 37.3. The predicted octanol–water partition coefficient (Wildman–Crippen LogP) is 9.18. The van der Waals surface area contributed by atoms with E-state index in [0.29, 0.717) is 47.8 Å². The molecule has 4 unspecified atom stereocenters. The Hall–Kier alpha value is -3.63. The minimum absolute atomic E-state index is 0.0564. The number of thioether (sulfide) groups is 1. The summed E-state index contributed by atoms with van der Waals surface area (Å²) in [5.41, 5.74) is 3.41. The second-order valence-electron chi connectivity index (χ2n) is 20.6. The molecule has 0 heterocycles. The van der Waals surface area contributed by atoms with Gasteiger partial charge in [-0.3, -0.25) is 14.4 Å². The van der Waals surface area contributed by atoms with E-state index >= 15 is 0 Å². The first-order valence-corrected chi connectivity index (χ1v) is 23.7. The Kier molecular flexibility index (Phi) is 12.5. The van der Waals surface area contributed by atoms with Crippen molar-refractivity contribution in [2.24, 2.45) is 56.7 Å². The van der Waals surface area contributed by atoms with Gasteiger partial charge in [0.1, 0.15) is 0 Å². The summed E-state index contributed by atoms with van der Waals surface area (Å²) < 4.78 is 0. The Balaban J connectivity index is 1.07. The Morgan fingerprint density at radius 1 is 0.783 bits per heavy atom. The van der Waals surface area contributed by atoms with Crippen LogP contribution < -0.4 is 10.6 Å². The smallest absolute Gasteiger partial charge is 0.335 e. The van der Waals surface area contributed by atoms with Gasteiger partial charge in [-0.2, -0.15) is 11.8 Å². The van der Waals surface area contributed by atoms with Gasteiger partial charge < -0.3 is 26.0 Å². The number of aliphatic hydroxyl groups excluding tert-OH is 1. The first kappa shape index (κ1) is 44.4. The number of aliphatic carboxylic acids is 1. The quantitative estimate of drug-likeness (QED) is 0.0933. The molecule has 9 nitrogen and oxygen atoms in total. The molecule has 0 aromatic heterocycles. The lowest BCUT2D eigenvalue weighted by Gasteiger charge is -2.72. The number of rotatable bonds is 14. The maximum absolute atomic E-state index is 14.9. The highest BCUT2D eigenvalue weighted by molar-refractivity contribution is 7.99. The average Bonchev–Trinajstić information content (AvgIpc) is 3.62. The molecule has 60 heavy (non-hydrogen) atoms. The lowest BCUT2D eigenvalue weighted by atomic mass is 9.32. The molecule has 2 amide bonds. The van der Waals surface area contributed by atoms with Crippen molar-refractivity contribution in [2.75, 3.05) is 18.1 Å². The summed E-state index contributed by atoms with van der Waals surface area (Å²) in [6.07, 6.45) is 10.6. The largest absolute Gasteiger partial charge is 0.481 e. The summed E-state index contributed by atoms with van der Waals surface area (Å²) >= 11 is 1.65. The van der Waals surface area contributed by atoms with Crippen molar-refractivity contribution in [2.45, 2.75) is 124 Å². The number of carboxylic acids is 2. The highest BCUT2D eigenvalue weighted by Gasteiger charge is 2.72. The number of hydrogen-bond donors (Lipinski definition) is 5. The van der Waals surface area contributed by atoms with Crippen molar-refractivity contribution >= 4 is 35.5 Å². The van der Waals surface area contributed by atoms with Gasteiger partial charge in [0, 0.05) is 30.2 Å². The zero-order valence-electron chi connectivity index (χ0n) is 36.5. The van der Waals surface area contributed by atoms with Crippen LogP contribution in [0.5, 0.6) is 0 Å². The van der Waals surface area contributed by atoms with Crippen LogP contribution in [0, 0.1) is 56.7 Å². The van der Waals surface area contributed by atoms with Crippen molar-refractivity contribution in [1.29, 1.82) is 0 Å². The highest BCUT2D eigenvalue weighted by Crippen LogP contribution is 2.77. The summed E-state index contributed by atoms with van der Waals surface area (Å²) in [6, 6.07) is 14.0. The van der Waals surface area contributed by atoms with E-state index in [1.54, 1.807) is 30.0 Å². The lowest BCUT2D eigenvalue weighted by Crippen LogP contribution is -2.67. The van der Waals surface area contributed by atoms with E-state index < -0.39 is 17.4 Å². The standard InChI is InChI=1S/C50H68N2O7S/c1-31(30-60-27-20-41(54)55)36-16-23-50(45(59)51-26-19-32-8-7-9-35(28-32)43(56)52-29-33-10-12-34(13-11-33)44(57)58)25-24-48(5)37(42(36)50)14-15-39-47(4)21-18-40(53)46(2,3)38(47)17-22-49(39,48)6/h7-13,28,36-40,42,53H,1,14-27,29-30H2,2-6H3,(H,51,59)(H,52,56)(H,54,55)(H,57,58)/t36-,37?,38?,39?,40-,42?,47-,48+,49+,50-/m0/s1. The molecule has 5 N–H and O–H groups in total. The third-order valence-corrected chi connectivity index (χ3v) is 18.7. The molecule has 0 saturated heterocycles. The number of amides is 2. The summed E-state index contributed by atoms with van der Waals surface area (Å²) in [7, 11) is 0. The van der Waals surface area contributed by atoms with E-state index in [1.165, 1.54) is 12.1 Å². The van der Waals surface area contributed by atoms with E-state index in [2.05, 4.69) is 51.8 Å². The molecule has 0 bridgehead atoms. The number of carbonyl (C=O) groups is 4. The van der Waals surface area contributed by atoms with Crippen LogP contribution in [0.15, 0.2) is 60.7 Å². The van der Waals surface area contributed by atoms with Crippen LogP contribution in [0.25, 0.3) is 0 Å².